The van der Waals surface area contributed by atoms with Gasteiger partial charge in [0.05, 0.1) is 36.1 Å². The van der Waals surface area contributed by atoms with Gasteiger partial charge in [0.25, 0.3) is 0 Å². The van der Waals surface area contributed by atoms with Gasteiger partial charge in [-0.1, -0.05) is 17.3 Å². The molecular formula is C25H20F3N3O5. The number of ether oxygens (including phenoxy) is 2. The summed E-state index contributed by atoms with van der Waals surface area (Å²) < 4.78 is 59.4. The molecule has 0 radical (unpaired) electrons. The van der Waals surface area contributed by atoms with Gasteiger partial charge < -0.3 is 18.4 Å². The second-order valence-electron chi connectivity index (χ2n) is 8.27. The number of hydrogen-bond acceptors (Lipinski definition) is 7. The number of benzene rings is 2. The zero-order valence-corrected chi connectivity index (χ0v) is 19.6. The van der Waals surface area contributed by atoms with E-state index in [1.54, 1.807) is 19.9 Å². The Morgan fingerprint density at radius 1 is 1.11 bits per heavy atom. The second-order valence-corrected chi connectivity index (χ2v) is 8.27. The van der Waals surface area contributed by atoms with Gasteiger partial charge >= 0.3 is 12.1 Å². The summed E-state index contributed by atoms with van der Waals surface area (Å²) in [4.78, 5) is 17.4. The van der Waals surface area contributed by atoms with Crippen LogP contribution in [-0.2, 0) is 0 Å². The Labute approximate surface area is 201 Å². The third-order valence-corrected chi connectivity index (χ3v) is 6.05. The third-order valence-electron chi connectivity index (χ3n) is 6.05. The van der Waals surface area contributed by atoms with Gasteiger partial charge in [-0.3, -0.25) is 9.55 Å². The Morgan fingerprint density at radius 3 is 2.44 bits per heavy atom. The molecule has 0 fully saturated rings. The molecular weight excluding hydrogens is 479 g/mol. The lowest BCUT2D eigenvalue weighted by Gasteiger charge is -2.16. The van der Waals surface area contributed by atoms with E-state index in [9.17, 15) is 18.0 Å². The molecule has 3 aromatic heterocycles. The van der Waals surface area contributed by atoms with Gasteiger partial charge in [-0.15, -0.1) is 13.2 Å². The molecule has 186 valence electrons. The Bertz CT molecular complexity index is 1630. The molecule has 0 spiro atoms. The van der Waals surface area contributed by atoms with Crippen molar-refractivity contribution < 1.29 is 31.6 Å². The summed E-state index contributed by atoms with van der Waals surface area (Å²) in [5, 5.41) is 4.62. The minimum absolute atomic E-state index is 0.267. The number of halogens is 3. The molecule has 1 atom stereocenters. The molecule has 0 amide bonds. The molecule has 5 aromatic rings. The summed E-state index contributed by atoms with van der Waals surface area (Å²) in [6.45, 7) is 5.38. The van der Waals surface area contributed by atoms with Gasteiger partial charge in [-0.2, -0.15) is 0 Å². The van der Waals surface area contributed by atoms with Crippen molar-refractivity contribution in [2.45, 2.75) is 33.2 Å². The average molecular weight is 499 g/mol. The molecule has 0 aliphatic carbocycles. The summed E-state index contributed by atoms with van der Waals surface area (Å²) in [7, 11) is 1.53. The van der Waals surface area contributed by atoms with Crippen molar-refractivity contribution in [1.82, 2.24) is 14.7 Å². The minimum Gasteiger partial charge on any atom is -0.496 e. The molecule has 5 rings (SSSR count). The fourth-order valence-corrected chi connectivity index (χ4v) is 4.43. The van der Waals surface area contributed by atoms with E-state index in [2.05, 4.69) is 14.9 Å². The third kappa shape index (κ3) is 3.96. The summed E-state index contributed by atoms with van der Waals surface area (Å²) >= 11 is 0. The number of rotatable bonds is 5. The maximum absolute atomic E-state index is 12.9. The van der Waals surface area contributed by atoms with Crippen molar-refractivity contribution in [2.75, 3.05) is 7.11 Å². The number of alkyl halides is 3. The van der Waals surface area contributed by atoms with E-state index in [4.69, 9.17) is 13.7 Å². The van der Waals surface area contributed by atoms with Crippen molar-refractivity contribution in [3.8, 4) is 22.6 Å². The van der Waals surface area contributed by atoms with E-state index in [0.29, 0.717) is 39.2 Å². The smallest absolute Gasteiger partial charge is 0.496 e. The van der Waals surface area contributed by atoms with Gasteiger partial charge in [0.1, 0.15) is 22.8 Å². The summed E-state index contributed by atoms with van der Waals surface area (Å²) in [5.41, 5.74) is 4.12. The molecule has 0 N–H and O–H groups in total. The highest BCUT2D eigenvalue weighted by Crippen LogP contribution is 2.39. The van der Waals surface area contributed by atoms with E-state index >= 15 is 0 Å². The van der Waals surface area contributed by atoms with Crippen molar-refractivity contribution in [2.24, 2.45) is 0 Å². The maximum Gasteiger partial charge on any atom is 0.573 e. The fraction of sp³-hybridized carbons (Fsp3) is 0.240. The largest absolute Gasteiger partial charge is 0.573 e. The predicted molar refractivity (Wildman–Crippen MR) is 124 cm³/mol. The number of aryl methyl sites for hydroxylation is 2. The van der Waals surface area contributed by atoms with Crippen LogP contribution in [0.1, 0.15) is 30.0 Å². The molecule has 0 saturated heterocycles. The Kier molecular flexibility index (Phi) is 5.50. The maximum atomic E-state index is 12.9. The van der Waals surface area contributed by atoms with Crippen LogP contribution in [0.25, 0.3) is 33.1 Å². The van der Waals surface area contributed by atoms with Gasteiger partial charge in [0.2, 0.25) is 0 Å². The van der Waals surface area contributed by atoms with Gasteiger partial charge in [0.15, 0.2) is 5.58 Å². The fourth-order valence-electron chi connectivity index (χ4n) is 4.43. The number of fused-ring (bicyclic) bond motifs is 3. The van der Waals surface area contributed by atoms with Crippen molar-refractivity contribution >= 4 is 22.0 Å². The molecule has 0 aliphatic rings. The first-order chi connectivity index (χ1) is 17.1. The number of methoxy groups -OCH3 is 1. The molecule has 2 aromatic carbocycles. The van der Waals surface area contributed by atoms with Crippen LogP contribution < -0.4 is 15.2 Å². The van der Waals surface area contributed by atoms with Crippen molar-refractivity contribution in [3.05, 3.63) is 70.2 Å². The van der Waals surface area contributed by atoms with Crippen LogP contribution in [0.5, 0.6) is 11.5 Å². The second kappa shape index (κ2) is 8.43. The lowest BCUT2D eigenvalue weighted by atomic mass is 10.00. The standard InChI is InChI=1S/C25H20F3N3O5/c1-12-22(14(3)36-30-12)18-9-19-17(10-20(18)33-4)23-21(11-29-19)34-24(32)31(23)13(2)15-5-7-16(8-6-15)35-25(26,27)28/h5-11,13H,1-4H3. The molecule has 8 nitrogen and oxygen atoms in total. The quantitative estimate of drug-likeness (QED) is 0.296. The van der Waals surface area contributed by atoms with Crippen LogP contribution in [0.3, 0.4) is 0 Å². The van der Waals surface area contributed by atoms with Gasteiger partial charge in [0, 0.05) is 10.9 Å². The van der Waals surface area contributed by atoms with Crippen LogP contribution >= 0.6 is 0 Å². The number of oxazole rings is 1. The first kappa shape index (κ1) is 23.5. The number of hydrogen-bond donors (Lipinski definition) is 0. The van der Waals surface area contributed by atoms with Crippen LogP contribution in [0.15, 0.2) is 56.3 Å². The first-order valence-corrected chi connectivity index (χ1v) is 10.9. The van der Waals surface area contributed by atoms with Gasteiger partial charge in [-0.25, -0.2) is 4.79 Å². The minimum atomic E-state index is -4.79. The zero-order chi connectivity index (χ0) is 25.8. The van der Waals surface area contributed by atoms with E-state index in [0.717, 1.165) is 11.1 Å². The Morgan fingerprint density at radius 2 is 1.83 bits per heavy atom. The lowest BCUT2D eigenvalue weighted by Crippen LogP contribution is -2.20. The van der Waals surface area contributed by atoms with Gasteiger partial charge in [-0.05, 0) is 50.6 Å². The van der Waals surface area contributed by atoms with E-state index in [1.165, 1.54) is 42.1 Å². The molecule has 11 heteroatoms. The highest BCUT2D eigenvalue weighted by atomic mass is 19.4. The van der Waals surface area contributed by atoms with Crippen LogP contribution in [-0.4, -0.2) is 28.2 Å². The Hall–Kier alpha value is -4.28. The molecule has 1 unspecified atom stereocenters. The first-order valence-electron chi connectivity index (χ1n) is 10.9. The summed E-state index contributed by atoms with van der Waals surface area (Å²) in [6, 6.07) is 8.36. The monoisotopic (exact) mass is 499 g/mol. The highest BCUT2D eigenvalue weighted by molar-refractivity contribution is 6.04. The molecule has 0 bridgehead atoms. The van der Waals surface area contributed by atoms with Crippen LogP contribution in [0, 0.1) is 13.8 Å². The van der Waals surface area contributed by atoms with Crippen LogP contribution in [0.4, 0.5) is 13.2 Å². The number of pyridine rings is 1. The Balaban J connectivity index is 1.67. The van der Waals surface area contributed by atoms with E-state index < -0.39 is 18.2 Å². The zero-order valence-electron chi connectivity index (χ0n) is 19.6. The summed E-state index contributed by atoms with van der Waals surface area (Å²) in [6.07, 6.45) is -3.33. The lowest BCUT2D eigenvalue weighted by molar-refractivity contribution is -0.274. The molecule has 36 heavy (non-hydrogen) atoms. The highest BCUT2D eigenvalue weighted by Gasteiger charge is 2.31. The van der Waals surface area contributed by atoms with Crippen molar-refractivity contribution in [3.63, 3.8) is 0 Å². The SMILES string of the molecule is COc1cc2c(cc1-c1c(C)noc1C)ncc1oc(=O)n(C(C)c3ccc(OC(F)(F)F)cc3)c12. The summed E-state index contributed by atoms with van der Waals surface area (Å²) in [5.74, 6) is 0.163. The van der Waals surface area contributed by atoms with Crippen LogP contribution in [0.2, 0.25) is 0 Å². The molecule has 0 saturated carbocycles. The number of nitrogens with zero attached hydrogens (tertiary/aromatic N) is 3. The predicted octanol–water partition coefficient (Wildman–Crippen LogP) is 5.93. The van der Waals surface area contributed by atoms with E-state index in [1.807, 2.05) is 13.0 Å². The number of aromatic nitrogens is 3. The normalized spacial score (nSPS) is 12.9. The average Bonchev–Trinajstić information content (AvgIpc) is 3.34. The van der Waals surface area contributed by atoms with E-state index in [-0.39, 0.29) is 11.3 Å². The molecule has 0 aliphatic heterocycles. The topological polar surface area (TPSA) is 92.5 Å². The van der Waals surface area contributed by atoms with Crippen molar-refractivity contribution in [1.29, 1.82) is 0 Å². The molecule has 3 heterocycles.